The van der Waals surface area contributed by atoms with E-state index in [1.807, 2.05) is 6.92 Å². The molecule has 0 saturated heterocycles. The van der Waals surface area contributed by atoms with E-state index in [2.05, 4.69) is 50.4 Å². The van der Waals surface area contributed by atoms with E-state index in [0.717, 1.165) is 5.56 Å². The van der Waals surface area contributed by atoms with Crippen LogP contribution in [-0.2, 0) is 5.41 Å². The summed E-state index contributed by atoms with van der Waals surface area (Å²) in [5, 5.41) is 3.78. The van der Waals surface area contributed by atoms with Crippen molar-refractivity contribution in [1.29, 1.82) is 0 Å². The molecule has 0 radical (unpaired) electrons. The quantitative estimate of drug-likeness (QED) is 0.739. The van der Waals surface area contributed by atoms with Gasteiger partial charge in [0.25, 0.3) is 0 Å². The zero-order chi connectivity index (χ0) is 15.6. The first-order valence-corrected chi connectivity index (χ1v) is 7.47. The van der Waals surface area contributed by atoms with Crippen LogP contribution in [0.4, 0.5) is 10.1 Å². The molecule has 0 fully saturated rings. The molecule has 1 unspecified atom stereocenters. The average molecular weight is 306 g/mol. The highest BCUT2D eigenvalue weighted by Crippen LogP contribution is 2.28. The van der Waals surface area contributed by atoms with Gasteiger partial charge in [-0.1, -0.05) is 56.6 Å². The maximum atomic E-state index is 13.3. The first-order chi connectivity index (χ1) is 9.77. The van der Waals surface area contributed by atoms with Gasteiger partial charge in [0.1, 0.15) is 5.82 Å². The summed E-state index contributed by atoms with van der Waals surface area (Å²) < 4.78 is 13.3. The van der Waals surface area contributed by atoms with Crippen LogP contribution in [0.3, 0.4) is 0 Å². The standard InChI is InChI=1S/C18H21ClFN/c1-12(21-17-11-15(20)9-10-16(17)19)13-5-7-14(8-6-13)18(2,3)4/h5-12,21H,1-4H3. The van der Waals surface area contributed by atoms with Gasteiger partial charge in [-0.15, -0.1) is 0 Å². The largest absolute Gasteiger partial charge is 0.377 e. The van der Waals surface area contributed by atoms with Crippen molar-refractivity contribution < 1.29 is 4.39 Å². The van der Waals surface area contributed by atoms with Crippen LogP contribution in [0.5, 0.6) is 0 Å². The van der Waals surface area contributed by atoms with E-state index in [1.54, 1.807) is 6.07 Å². The van der Waals surface area contributed by atoms with Crippen molar-refractivity contribution in [2.75, 3.05) is 5.32 Å². The highest BCUT2D eigenvalue weighted by molar-refractivity contribution is 6.33. The summed E-state index contributed by atoms with van der Waals surface area (Å²) in [4.78, 5) is 0. The van der Waals surface area contributed by atoms with Crippen LogP contribution >= 0.6 is 11.6 Å². The van der Waals surface area contributed by atoms with Crippen molar-refractivity contribution in [1.82, 2.24) is 0 Å². The lowest BCUT2D eigenvalue weighted by Crippen LogP contribution is -2.12. The second kappa shape index (κ2) is 6.07. The average Bonchev–Trinajstić information content (AvgIpc) is 2.42. The summed E-state index contributed by atoms with van der Waals surface area (Å²) in [6.07, 6.45) is 0. The molecule has 1 nitrogen and oxygen atoms in total. The first-order valence-electron chi connectivity index (χ1n) is 7.09. The van der Waals surface area contributed by atoms with Gasteiger partial charge in [0.05, 0.1) is 10.7 Å². The van der Waals surface area contributed by atoms with Crippen molar-refractivity contribution in [3.63, 3.8) is 0 Å². The number of rotatable bonds is 3. The summed E-state index contributed by atoms with van der Waals surface area (Å²) in [5.41, 5.74) is 3.19. The van der Waals surface area contributed by atoms with Gasteiger partial charge in [0, 0.05) is 6.04 Å². The number of hydrogen-bond acceptors (Lipinski definition) is 1. The summed E-state index contributed by atoms with van der Waals surface area (Å²) in [7, 11) is 0. The van der Waals surface area contributed by atoms with Crippen molar-refractivity contribution in [2.24, 2.45) is 0 Å². The van der Waals surface area contributed by atoms with Crippen LogP contribution in [-0.4, -0.2) is 0 Å². The summed E-state index contributed by atoms with van der Waals surface area (Å²) in [6, 6.07) is 12.9. The molecule has 2 aromatic carbocycles. The molecule has 0 bridgehead atoms. The van der Waals surface area contributed by atoms with Crippen LogP contribution < -0.4 is 5.32 Å². The van der Waals surface area contributed by atoms with Gasteiger partial charge in [-0.3, -0.25) is 0 Å². The minimum atomic E-state index is -0.294. The van der Waals surface area contributed by atoms with Crippen molar-refractivity contribution >= 4 is 17.3 Å². The molecular formula is C18H21ClFN. The molecule has 0 aliphatic carbocycles. The number of anilines is 1. The van der Waals surface area contributed by atoms with Crippen LogP contribution in [0.15, 0.2) is 42.5 Å². The fourth-order valence-corrected chi connectivity index (χ4v) is 2.37. The summed E-state index contributed by atoms with van der Waals surface area (Å²) in [6.45, 7) is 8.61. The molecule has 0 aromatic heterocycles. The Hall–Kier alpha value is -1.54. The topological polar surface area (TPSA) is 12.0 Å². The molecular weight excluding hydrogens is 285 g/mol. The van der Waals surface area contributed by atoms with Crippen LogP contribution in [0.2, 0.25) is 5.02 Å². The Morgan fingerprint density at radius 3 is 2.24 bits per heavy atom. The predicted molar refractivity (Wildman–Crippen MR) is 88.6 cm³/mol. The second-order valence-corrected chi connectivity index (χ2v) is 6.77. The Kier molecular flexibility index (Phi) is 4.58. The summed E-state index contributed by atoms with van der Waals surface area (Å²) in [5.74, 6) is -0.294. The molecule has 0 spiro atoms. The molecule has 0 heterocycles. The van der Waals surface area contributed by atoms with Crippen molar-refractivity contribution in [3.8, 4) is 0 Å². The zero-order valence-electron chi connectivity index (χ0n) is 12.9. The zero-order valence-corrected chi connectivity index (χ0v) is 13.6. The van der Waals surface area contributed by atoms with Gasteiger partial charge in [-0.2, -0.15) is 0 Å². The highest BCUT2D eigenvalue weighted by atomic mass is 35.5. The third kappa shape index (κ3) is 3.98. The Bertz CT molecular complexity index is 614. The minimum Gasteiger partial charge on any atom is -0.377 e. The first kappa shape index (κ1) is 15.8. The van der Waals surface area contributed by atoms with E-state index >= 15 is 0 Å². The van der Waals surface area contributed by atoms with Gasteiger partial charge in [-0.05, 0) is 41.7 Å². The Morgan fingerprint density at radius 2 is 1.67 bits per heavy atom. The number of nitrogens with one attached hydrogen (secondary N) is 1. The molecule has 2 rings (SSSR count). The molecule has 3 heteroatoms. The Balaban J connectivity index is 2.17. The predicted octanol–water partition coefficient (Wildman–Crippen LogP) is 5.95. The molecule has 1 N–H and O–H groups in total. The Labute approximate surface area is 131 Å². The van der Waals surface area contributed by atoms with E-state index in [9.17, 15) is 4.39 Å². The van der Waals surface area contributed by atoms with Crippen molar-refractivity contribution in [3.05, 3.63) is 64.4 Å². The van der Waals surface area contributed by atoms with E-state index < -0.39 is 0 Å². The smallest absolute Gasteiger partial charge is 0.125 e. The monoisotopic (exact) mass is 305 g/mol. The van der Waals surface area contributed by atoms with E-state index in [1.165, 1.54) is 17.7 Å². The molecule has 0 aliphatic heterocycles. The second-order valence-electron chi connectivity index (χ2n) is 6.36. The van der Waals surface area contributed by atoms with Gasteiger partial charge >= 0.3 is 0 Å². The third-order valence-electron chi connectivity index (χ3n) is 3.58. The van der Waals surface area contributed by atoms with E-state index in [0.29, 0.717) is 10.7 Å². The van der Waals surface area contributed by atoms with Gasteiger partial charge in [-0.25, -0.2) is 4.39 Å². The number of hydrogen-bond donors (Lipinski definition) is 1. The molecule has 0 saturated carbocycles. The molecule has 1 atom stereocenters. The molecule has 112 valence electrons. The van der Waals surface area contributed by atoms with Gasteiger partial charge in [0.15, 0.2) is 0 Å². The number of benzene rings is 2. The molecule has 2 aromatic rings. The van der Waals surface area contributed by atoms with E-state index in [4.69, 9.17) is 11.6 Å². The lowest BCUT2D eigenvalue weighted by molar-refractivity contribution is 0.589. The maximum Gasteiger partial charge on any atom is 0.125 e. The van der Waals surface area contributed by atoms with Crippen molar-refractivity contribution in [2.45, 2.75) is 39.2 Å². The fraction of sp³-hybridized carbons (Fsp3) is 0.333. The lowest BCUT2D eigenvalue weighted by atomic mass is 9.86. The van der Waals surface area contributed by atoms with E-state index in [-0.39, 0.29) is 17.3 Å². The summed E-state index contributed by atoms with van der Waals surface area (Å²) >= 11 is 6.08. The van der Waals surface area contributed by atoms with Gasteiger partial charge < -0.3 is 5.32 Å². The fourth-order valence-electron chi connectivity index (χ4n) is 2.20. The van der Waals surface area contributed by atoms with Crippen LogP contribution in [0.25, 0.3) is 0 Å². The molecule has 0 amide bonds. The number of halogens is 2. The van der Waals surface area contributed by atoms with Gasteiger partial charge in [0.2, 0.25) is 0 Å². The maximum absolute atomic E-state index is 13.3. The Morgan fingerprint density at radius 1 is 1.05 bits per heavy atom. The van der Waals surface area contributed by atoms with Crippen LogP contribution in [0, 0.1) is 5.82 Å². The van der Waals surface area contributed by atoms with Crippen LogP contribution in [0.1, 0.15) is 44.9 Å². The minimum absolute atomic E-state index is 0.0540. The SMILES string of the molecule is CC(Nc1cc(F)ccc1Cl)c1ccc(C(C)(C)C)cc1. The normalized spacial score (nSPS) is 13.0. The third-order valence-corrected chi connectivity index (χ3v) is 3.91. The molecule has 21 heavy (non-hydrogen) atoms. The lowest BCUT2D eigenvalue weighted by Gasteiger charge is -2.21. The molecule has 0 aliphatic rings. The highest BCUT2D eigenvalue weighted by Gasteiger charge is 2.14.